The number of aliphatic hydroxyl groups is 2. The van der Waals surface area contributed by atoms with E-state index in [1.54, 1.807) is 0 Å². The third kappa shape index (κ3) is 1.48. The van der Waals surface area contributed by atoms with Crippen molar-refractivity contribution in [3.63, 3.8) is 0 Å². The van der Waals surface area contributed by atoms with Crippen LogP contribution in [0.2, 0.25) is 0 Å². The Kier molecular flexibility index (Phi) is 2.10. The molecule has 0 aromatic rings. The molecule has 13 heavy (non-hydrogen) atoms. The van der Waals surface area contributed by atoms with E-state index in [1.165, 1.54) is 0 Å². The first-order valence-corrected chi connectivity index (χ1v) is 4.12. The Morgan fingerprint density at radius 2 is 2.46 bits per heavy atom. The lowest BCUT2D eigenvalue weighted by Crippen LogP contribution is -2.32. The van der Waals surface area contributed by atoms with Crippen molar-refractivity contribution in [1.82, 2.24) is 5.32 Å². The lowest BCUT2D eigenvalue weighted by molar-refractivity contribution is -0.121. The van der Waals surface area contributed by atoms with Crippen molar-refractivity contribution in [3.8, 4) is 0 Å². The number of hydrogen-bond donors (Lipinski definition) is 3. The van der Waals surface area contributed by atoms with Gasteiger partial charge in [0, 0.05) is 6.42 Å². The summed E-state index contributed by atoms with van der Waals surface area (Å²) in [5, 5.41) is 20.4. The van der Waals surface area contributed by atoms with Gasteiger partial charge in [-0.1, -0.05) is 0 Å². The van der Waals surface area contributed by atoms with Gasteiger partial charge in [-0.25, -0.2) is 4.79 Å². The number of carbonyl (C=O) groups excluding carboxylic acids is 1. The van der Waals surface area contributed by atoms with Crippen LogP contribution in [0.1, 0.15) is 6.42 Å². The second-order valence-corrected chi connectivity index (χ2v) is 3.18. The van der Waals surface area contributed by atoms with Gasteiger partial charge in [-0.2, -0.15) is 0 Å². The van der Waals surface area contributed by atoms with Gasteiger partial charge < -0.3 is 25.0 Å². The number of rotatable bonds is 2. The monoisotopic (exact) mass is 189 g/mol. The van der Waals surface area contributed by atoms with E-state index in [0.717, 1.165) is 0 Å². The van der Waals surface area contributed by atoms with E-state index in [1.807, 2.05) is 0 Å². The molecule has 0 aromatic carbocycles. The highest BCUT2D eigenvalue weighted by atomic mass is 16.7. The van der Waals surface area contributed by atoms with Gasteiger partial charge in [0.25, 0.3) is 0 Å². The van der Waals surface area contributed by atoms with Crippen molar-refractivity contribution < 1.29 is 24.5 Å². The molecule has 0 aliphatic carbocycles. The molecule has 0 saturated carbocycles. The lowest BCUT2D eigenvalue weighted by Gasteiger charge is -2.15. The largest absolute Gasteiger partial charge is 0.417 e. The van der Waals surface area contributed by atoms with Crippen LogP contribution in [-0.4, -0.2) is 47.5 Å². The average molecular weight is 189 g/mol. The van der Waals surface area contributed by atoms with Gasteiger partial charge in [0.05, 0.1) is 18.8 Å². The molecule has 2 fully saturated rings. The molecule has 2 rings (SSSR count). The van der Waals surface area contributed by atoms with Crippen LogP contribution in [0.15, 0.2) is 0 Å². The van der Waals surface area contributed by atoms with Crippen molar-refractivity contribution in [2.45, 2.75) is 31.0 Å². The predicted molar refractivity (Wildman–Crippen MR) is 39.8 cm³/mol. The number of alkyl carbamates (subject to hydrolysis) is 1. The lowest BCUT2D eigenvalue weighted by atomic mass is 10.1. The van der Waals surface area contributed by atoms with Gasteiger partial charge in [-0.15, -0.1) is 0 Å². The Labute approximate surface area is 74.4 Å². The number of fused-ring (bicyclic) bond motifs is 1. The quantitative estimate of drug-likeness (QED) is 0.495. The maximum absolute atomic E-state index is 10.7. The Morgan fingerprint density at radius 1 is 1.69 bits per heavy atom. The maximum atomic E-state index is 10.7. The number of hydrogen-bond acceptors (Lipinski definition) is 5. The first kappa shape index (κ1) is 8.74. The zero-order chi connectivity index (χ0) is 9.42. The molecule has 2 aliphatic rings. The number of aliphatic hydroxyl groups excluding tert-OH is 2. The van der Waals surface area contributed by atoms with Gasteiger partial charge in [0.15, 0.2) is 0 Å². The number of amides is 1. The van der Waals surface area contributed by atoms with Crippen LogP contribution >= 0.6 is 0 Å². The molecule has 0 bridgehead atoms. The van der Waals surface area contributed by atoms with Gasteiger partial charge >= 0.3 is 6.09 Å². The minimum atomic E-state index is -0.911. The average Bonchev–Trinajstić information content (AvgIpc) is 2.59. The zero-order valence-electron chi connectivity index (χ0n) is 6.84. The topological polar surface area (TPSA) is 88.0 Å². The summed E-state index contributed by atoms with van der Waals surface area (Å²) in [5.74, 6) is 0. The van der Waals surface area contributed by atoms with Crippen LogP contribution in [0.25, 0.3) is 0 Å². The highest BCUT2D eigenvalue weighted by Gasteiger charge is 2.45. The molecule has 0 radical (unpaired) electrons. The Hall–Kier alpha value is -0.850. The van der Waals surface area contributed by atoms with E-state index >= 15 is 0 Å². The van der Waals surface area contributed by atoms with Crippen molar-refractivity contribution >= 4 is 6.09 Å². The molecule has 0 aromatic heterocycles. The molecule has 6 nitrogen and oxygen atoms in total. The van der Waals surface area contributed by atoms with Crippen LogP contribution in [0.5, 0.6) is 0 Å². The summed E-state index contributed by atoms with van der Waals surface area (Å²) in [6.45, 7) is -0.349. The molecule has 0 unspecified atom stereocenters. The predicted octanol–water partition coefficient (Wildman–Crippen LogP) is -1.44. The number of carbonyl (C=O) groups is 1. The van der Waals surface area contributed by atoms with Crippen molar-refractivity contribution in [3.05, 3.63) is 0 Å². The summed E-state index contributed by atoms with van der Waals surface area (Å²) < 4.78 is 9.94. The normalized spacial score (nSPS) is 39.5. The van der Waals surface area contributed by atoms with E-state index < -0.39 is 24.6 Å². The molecule has 1 amide bonds. The third-order valence-corrected chi connectivity index (χ3v) is 2.27. The van der Waals surface area contributed by atoms with Crippen molar-refractivity contribution in [2.24, 2.45) is 0 Å². The number of nitrogens with one attached hydrogen (secondary N) is 1. The fourth-order valence-corrected chi connectivity index (χ4v) is 1.58. The summed E-state index contributed by atoms with van der Waals surface area (Å²) in [6.07, 6.45) is -2.00. The molecule has 74 valence electrons. The first-order chi connectivity index (χ1) is 6.20. The summed E-state index contributed by atoms with van der Waals surface area (Å²) in [6, 6.07) is -0.196. The Balaban J connectivity index is 1.93. The van der Waals surface area contributed by atoms with Crippen LogP contribution in [-0.2, 0) is 9.47 Å². The standard InChI is InChI=1S/C7H11NO5/c9-2-4(10)5-1-3-6(12-5)13-7(11)8-3/h3-6,9-10H,1-2H2,(H,8,11)/t3-,4-,5+,6-/m0/s1. The fraction of sp³-hybridized carbons (Fsp3) is 0.857. The van der Waals surface area contributed by atoms with Crippen LogP contribution in [0, 0.1) is 0 Å². The van der Waals surface area contributed by atoms with E-state index in [4.69, 9.17) is 14.6 Å². The fourth-order valence-electron chi connectivity index (χ4n) is 1.58. The molecule has 2 saturated heterocycles. The summed E-state index contributed by atoms with van der Waals surface area (Å²) in [4.78, 5) is 10.7. The van der Waals surface area contributed by atoms with E-state index in [9.17, 15) is 9.90 Å². The van der Waals surface area contributed by atoms with E-state index in [0.29, 0.717) is 6.42 Å². The van der Waals surface area contributed by atoms with E-state index in [2.05, 4.69) is 5.32 Å². The molecule has 3 N–H and O–H groups in total. The summed E-state index contributed by atoms with van der Waals surface area (Å²) in [7, 11) is 0. The smallest absolute Gasteiger partial charge is 0.409 e. The molecule has 4 atom stereocenters. The number of ether oxygens (including phenoxy) is 2. The highest BCUT2D eigenvalue weighted by Crippen LogP contribution is 2.27. The van der Waals surface area contributed by atoms with Gasteiger partial charge in [0.2, 0.25) is 6.29 Å². The summed E-state index contributed by atoms with van der Waals surface area (Å²) >= 11 is 0. The SMILES string of the molecule is O=C1N[C@H]2C[C@H]([C@@H](O)CO)O[C@H]2O1. The second-order valence-electron chi connectivity index (χ2n) is 3.18. The van der Waals surface area contributed by atoms with Crippen molar-refractivity contribution in [1.29, 1.82) is 0 Å². The molecular formula is C7H11NO5. The second kappa shape index (κ2) is 3.13. The third-order valence-electron chi connectivity index (χ3n) is 2.27. The zero-order valence-corrected chi connectivity index (χ0v) is 6.84. The molecule has 2 aliphatic heterocycles. The molecule has 6 heteroatoms. The summed E-state index contributed by atoms with van der Waals surface area (Å²) in [5.41, 5.74) is 0. The Bertz CT molecular complexity index is 205. The van der Waals surface area contributed by atoms with Gasteiger partial charge in [-0.3, -0.25) is 0 Å². The van der Waals surface area contributed by atoms with Crippen molar-refractivity contribution in [2.75, 3.05) is 6.61 Å². The molecule has 2 heterocycles. The highest BCUT2D eigenvalue weighted by molar-refractivity contribution is 5.70. The minimum Gasteiger partial charge on any atom is -0.417 e. The van der Waals surface area contributed by atoms with Crippen LogP contribution in [0.3, 0.4) is 0 Å². The molecular weight excluding hydrogens is 178 g/mol. The first-order valence-electron chi connectivity index (χ1n) is 4.12. The van der Waals surface area contributed by atoms with Crippen LogP contribution < -0.4 is 5.32 Å². The van der Waals surface area contributed by atoms with Crippen LogP contribution in [0.4, 0.5) is 4.79 Å². The van der Waals surface area contributed by atoms with Gasteiger partial charge in [0.1, 0.15) is 6.10 Å². The van der Waals surface area contributed by atoms with E-state index in [-0.39, 0.29) is 12.6 Å². The molecule has 0 spiro atoms. The van der Waals surface area contributed by atoms with Gasteiger partial charge in [-0.05, 0) is 0 Å². The Morgan fingerprint density at radius 3 is 3.08 bits per heavy atom. The minimum absolute atomic E-state index is 0.196. The maximum Gasteiger partial charge on any atom is 0.409 e.